The number of nitrogens with zero attached hydrogens (tertiary/aromatic N) is 2. The molecule has 0 radical (unpaired) electrons. The Kier molecular flexibility index (Phi) is 4.68. The number of hydrogen-bond donors (Lipinski definition) is 1. The topological polar surface area (TPSA) is 49.0 Å². The van der Waals surface area contributed by atoms with Crippen LogP contribution < -0.4 is 0 Å². The van der Waals surface area contributed by atoms with E-state index < -0.39 is 0 Å². The molecule has 1 rings (SSSR count). The average Bonchev–Trinajstić information content (AvgIpc) is 2.77. The summed E-state index contributed by atoms with van der Waals surface area (Å²) >= 11 is 1.80. The molecule has 0 spiro atoms. The average molecular weight is 227 g/mol. The number of carbonyl (C=O) groups excluding carboxylic acids is 1. The highest BCUT2D eigenvalue weighted by atomic mass is 32.2. The highest BCUT2D eigenvalue weighted by molar-refractivity contribution is 7.98. The minimum absolute atomic E-state index is 0.0253. The molecule has 1 amide bonds. The monoisotopic (exact) mass is 227 g/mol. The number of H-pyrrole nitrogens is 1. The van der Waals surface area contributed by atoms with Crippen LogP contribution in [0.1, 0.15) is 23.7 Å². The van der Waals surface area contributed by atoms with E-state index in [1.54, 1.807) is 29.1 Å². The maximum absolute atomic E-state index is 11.9. The minimum atomic E-state index is 0.0253. The van der Waals surface area contributed by atoms with Gasteiger partial charge in [0.2, 0.25) is 0 Å². The van der Waals surface area contributed by atoms with Crippen LogP contribution in [0.15, 0.2) is 12.4 Å². The highest BCUT2D eigenvalue weighted by Crippen LogP contribution is 2.09. The van der Waals surface area contributed by atoms with Crippen molar-refractivity contribution >= 4 is 17.7 Å². The van der Waals surface area contributed by atoms with E-state index in [1.165, 1.54) is 0 Å². The van der Waals surface area contributed by atoms with E-state index in [-0.39, 0.29) is 11.9 Å². The number of hydrogen-bond acceptors (Lipinski definition) is 3. The summed E-state index contributed by atoms with van der Waals surface area (Å²) in [4.78, 5) is 13.6. The lowest BCUT2D eigenvalue weighted by molar-refractivity contribution is 0.0741. The molecule has 1 aromatic rings. The van der Waals surface area contributed by atoms with E-state index in [0.29, 0.717) is 5.56 Å². The second kappa shape index (κ2) is 5.80. The first kappa shape index (κ1) is 12.1. The van der Waals surface area contributed by atoms with Crippen molar-refractivity contribution in [1.29, 1.82) is 0 Å². The van der Waals surface area contributed by atoms with Crippen molar-refractivity contribution in [2.45, 2.75) is 19.4 Å². The third-order valence-electron chi connectivity index (χ3n) is 2.47. The SMILES string of the molecule is CSCCC(C)N(C)C(=O)c1cn[nH]c1. The first-order valence-electron chi connectivity index (χ1n) is 4.91. The van der Waals surface area contributed by atoms with Gasteiger partial charge in [-0.3, -0.25) is 9.89 Å². The molecule has 0 saturated carbocycles. The smallest absolute Gasteiger partial charge is 0.257 e. The fraction of sp³-hybridized carbons (Fsp3) is 0.600. The van der Waals surface area contributed by atoms with Crippen LogP contribution in [0.25, 0.3) is 0 Å². The summed E-state index contributed by atoms with van der Waals surface area (Å²) in [5.74, 6) is 1.10. The summed E-state index contributed by atoms with van der Waals surface area (Å²) in [5, 5.41) is 6.42. The second-order valence-electron chi connectivity index (χ2n) is 3.53. The number of rotatable bonds is 5. The van der Waals surface area contributed by atoms with Gasteiger partial charge in [-0.1, -0.05) is 0 Å². The highest BCUT2D eigenvalue weighted by Gasteiger charge is 2.17. The van der Waals surface area contributed by atoms with Crippen LogP contribution in [0.3, 0.4) is 0 Å². The van der Waals surface area contributed by atoms with Crippen LogP contribution in [-0.2, 0) is 0 Å². The molecule has 1 atom stereocenters. The van der Waals surface area contributed by atoms with Gasteiger partial charge in [0, 0.05) is 19.3 Å². The Balaban J connectivity index is 2.52. The molecule has 0 aliphatic heterocycles. The van der Waals surface area contributed by atoms with Crippen molar-refractivity contribution < 1.29 is 4.79 Å². The van der Waals surface area contributed by atoms with Crippen LogP contribution >= 0.6 is 11.8 Å². The number of nitrogens with one attached hydrogen (secondary N) is 1. The Bertz CT molecular complexity index is 300. The molecule has 4 nitrogen and oxygen atoms in total. The molecular weight excluding hydrogens is 210 g/mol. The summed E-state index contributed by atoms with van der Waals surface area (Å²) in [5.41, 5.74) is 0.619. The van der Waals surface area contributed by atoms with Gasteiger partial charge < -0.3 is 4.90 Å². The molecule has 1 unspecified atom stereocenters. The van der Waals surface area contributed by atoms with Crippen LogP contribution in [0.4, 0.5) is 0 Å². The van der Waals surface area contributed by atoms with Crippen molar-refractivity contribution in [3.8, 4) is 0 Å². The number of aromatic amines is 1. The molecule has 0 saturated heterocycles. The summed E-state index contributed by atoms with van der Waals surface area (Å²) in [6.07, 6.45) is 6.27. The van der Waals surface area contributed by atoms with Gasteiger partial charge >= 0.3 is 0 Å². The Morgan fingerprint density at radius 1 is 1.73 bits per heavy atom. The van der Waals surface area contributed by atoms with Crippen LogP contribution in [-0.4, -0.2) is 46.1 Å². The van der Waals surface area contributed by atoms with Crippen LogP contribution in [0, 0.1) is 0 Å². The van der Waals surface area contributed by atoms with Gasteiger partial charge in [-0.25, -0.2) is 0 Å². The molecule has 0 aliphatic rings. The van der Waals surface area contributed by atoms with E-state index >= 15 is 0 Å². The lowest BCUT2D eigenvalue weighted by atomic mass is 10.2. The van der Waals surface area contributed by atoms with E-state index in [1.807, 2.05) is 7.05 Å². The fourth-order valence-corrected chi connectivity index (χ4v) is 1.83. The number of amides is 1. The Labute approximate surface area is 94.4 Å². The molecule has 15 heavy (non-hydrogen) atoms. The number of carbonyl (C=O) groups is 1. The second-order valence-corrected chi connectivity index (χ2v) is 4.52. The summed E-state index contributed by atoms with van der Waals surface area (Å²) < 4.78 is 0. The fourth-order valence-electron chi connectivity index (χ4n) is 1.25. The largest absolute Gasteiger partial charge is 0.339 e. The molecule has 1 heterocycles. The predicted octanol–water partition coefficient (Wildman–Crippen LogP) is 1.62. The van der Waals surface area contributed by atoms with Gasteiger partial charge in [0.1, 0.15) is 0 Å². The van der Waals surface area contributed by atoms with Gasteiger partial charge in [0.25, 0.3) is 5.91 Å². The number of thioether (sulfide) groups is 1. The van der Waals surface area contributed by atoms with Gasteiger partial charge in [0.15, 0.2) is 0 Å². The predicted molar refractivity (Wildman–Crippen MR) is 63.1 cm³/mol. The lowest BCUT2D eigenvalue weighted by Gasteiger charge is -2.24. The first-order valence-corrected chi connectivity index (χ1v) is 6.31. The number of aromatic nitrogens is 2. The van der Waals surface area contributed by atoms with Crippen molar-refractivity contribution in [2.24, 2.45) is 0 Å². The van der Waals surface area contributed by atoms with Crippen LogP contribution in [0.5, 0.6) is 0 Å². The standard InChI is InChI=1S/C10H17N3OS/c1-8(4-5-15-3)13(2)10(14)9-6-11-12-7-9/h6-8H,4-5H2,1-3H3,(H,11,12). The van der Waals surface area contributed by atoms with Crippen molar-refractivity contribution in [2.75, 3.05) is 19.1 Å². The van der Waals surface area contributed by atoms with Crippen molar-refractivity contribution in [1.82, 2.24) is 15.1 Å². The molecule has 1 aromatic heterocycles. The van der Waals surface area contributed by atoms with E-state index in [9.17, 15) is 4.79 Å². The van der Waals surface area contributed by atoms with E-state index in [2.05, 4.69) is 23.4 Å². The summed E-state index contributed by atoms with van der Waals surface area (Å²) in [7, 11) is 1.83. The Morgan fingerprint density at radius 3 is 3.00 bits per heavy atom. The molecular formula is C10H17N3OS. The molecule has 0 bridgehead atoms. The quantitative estimate of drug-likeness (QED) is 0.831. The third-order valence-corrected chi connectivity index (χ3v) is 3.11. The van der Waals surface area contributed by atoms with Gasteiger partial charge in [-0.05, 0) is 25.4 Å². The molecule has 84 valence electrons. The molecule has 5 heteroatoms. The molecule has 1 N–H and O–H groups in total. The maximum atomic E-state index is 11.9. The summed E-state index contributed by atoms with van der Waals surface area (Å²) in [6.45, 7) is 2.06. The van der Waals surface area contributed by atoms with Gasteiger partial charge in [0.05, 0.1) is 11.8 Å². The third kappa shape index (κ3) is 3.27. The van der Waals surface area contributed by atoms with Gasteiger partial charge in [-0.15, -0.1) is 0 Å². The molecule has 0 fully saturated rings. The van der Waals surface area contributed by atoms with Crippen LogP contribution in [0.2, 0.25) is 0 Å². The first-order chi connectivity index (χ1) is 7.16. The normalized spacial score (nSPS) is 12.5. The maximum Gasteiger partial charge on any atom is 0.257 e. The zero-order valence-corrected chi connectivity index (χ0v) is 10.2. The van der Waals surface area contributed by atoms with Gasteiger partial charge in [-0.2, -0.15) is 16.9 Å². The zero-order valence-electron chi connectivity index (χ0n) is 9.36. The Hall–Kier alpha value is -0.970. The molecule has 0 aliphatic carbocycles. The molecule has 0 aromatic carbocycles. The zero-order chi connectivity index (χ0) is 11.3. The van der Waals surface area contributed by atoms with Crippen molar-refractivity contribution in [3.63, 3.8) is 0 Å². The minimum Gasteiger partial charge on any atom is -0.339 e. The van der Waals surface area contributed by atoms with Crippen molar-refractivity contribution in [3.05, 3.63) is 18.0 Å². The van der Waals surface area contributed by atoms with E-state index in [4.69, 9.17) is 0 Å². The summed E-state index contributed by atoms with van der Waals surface area (Å²) in [6, 6.07) is 0.264. The Morgan fingerprint density at radius 2 is 2.47 bits per heavy atom. The van der Waals surface area contributed by atoms with E-state index in [0.717, 1.165) is 12.2 Å². The lowest BCUT2D eigenvalue weighted by Crippen LogP contribution is -2.35.